The Balaban J connectivity index is 2.35. The van der Waals surface area contributed by atoms with Crippen LogP contribution in [0.3, 0.4) is 0 Å². The molecule has 0 saturated carbocycles. The van der Waals surface area contributed by atoms with Crippen LogP contribution < -0.4 is 5.32 Å². The third-order valence-electron chi connectivity index (χ3n) is 2.19. The summed E-state index contributed by atoms with van der Waals surface area (Å²) >= 11 is 0. The summed E-state index contributed by atoms with van der Waals surface area (Å²) in [6.07, 6.45) is 0.949. The third kappa shape index (κ3) is 4.40. The number of hydrogen-bond acceptors (Lipinski definition) is 3. The summed E-state index contributed by atoms with van der Waals surface area (Å²) in [4.78, 5) is 17.9. The molecule has 1 aromatic heterocycles. The molecule has 1 amide bonds. The molecule has 0 saturated heterocycles. The number of aryl methyl sites for hydroxylation is 1. The number of carbonyl (C=O) groups is 1. The molecule has 4 heteroatoms. The number of pyridine rings is 1. The van der Waals surface area contributed by atoms with E-state index in [-0.39, 0.29) is 5.91 Å². The number of nitrogens with one attached hydrogen (secondary N) is 1. The van der Waals surface area contributed by atoms with Crippen LogP contribution in [0, 0.1) is 6.92 Å². The number of carbonyl (C=O) groups excluding carboxylic acids is 1. The number of hydrogen-bond donors (Lipinski definition) is 1. The maximum absolute atomic E-state index is 11.7. The van der Waals surface area contributed by atoms with Crippen LogP contribution in [0.4, 0.5) is 0 Å². The highest BCUT2D eigenvalue weighted by molar-refractivity contribution is 5.92. The molecule has 0 unspecified atom stereocenters. The molecule has 0 bridgehead atoms. The van der Waals surface area contributed by atoms with E-state index in [0.717, 1.165) is 18.7 Å². The first-order chi connectivity index (χ1) is 7.59. The second-order valence-corrected chi connectivity index (χ2v) is 4.08. The predicted molar refractivity (Wildman–Crippen MR) is 64.5 cm³/mol. The van der Waals surface area contributed by atoms with E-state index in [1.165, 1.54) is 0 Å². The maximum Gasteiger partial charge on any atom is 0.269 e. The fourth-order valence-corrected chi connectivity index (χ4v) is 1.36. The molecule has 0 spiro atoms. The van der Waals surface area contributed by atoms with Crippen LogP contribution >= 0.6 is 0 Å². The van der Waals surface area contributed by atoms with Crippen molar-refractivity contribution in [2.45, 2.75) is 13.3 Å². The smallest absolute Gasteiger partial charge is 0.269 e. The minimum absolute atomic E-state index is 0.0949. The number of aromatic nitrogens is 1. The van der Waals surface area contributed by atoms with Crippen molar-refractivity contribution in [3.05, 3.63) is 29.6 Å². The maximum atomic E-state index is 11.7. The standard InChI is InChI=1S/C12H19N3O/c1-10-6-4-7-11(14-10)12(16)13-8-5-9-15(2)3/h4,6-7H,5,8-9H2,1-3H3,(H,13,16). The van der Waals surface area contributed by atoms with E-state index < -0.39 is 0 Å². The van der Waals surface area contributed by atoms with E-state index in [9.17, 15) is 4.79 Å². The monoisotopic (exact) mass is 221 g/mol. The lowest BCUT2D eigenvalue weighted by Gasteiger charge is -2.09. The van der Waals surface area contributed by atoms with E-state index in [0.29, 0.717) is 12.2 Å². The van der Waals surface area contributed by atoms with E-state index >= 15 is 0 Å². The number of rotatable bonds is 5. The third-order valence-corrected chi connectivity index (χ3v) is 2.19. The van der Waals surface area contributed by atoms with Crippen molar-refractivity contribution in [1.82, 2.24) is 15.2 Å². The number of amides is 1. The van der Waals surface area contributed by atoms with Crippen molar-refractivity contribution in [3.8, 4) is 0 Å². The van der Waals surface area contributed by atoms with Crippen LogP contribution in [0.5, 0.6) is 0 Å². The van der Waals surface area contributed by atoms with Gasteiger partial charge in [0.15, 0.2) is 0 Å². The van der Waals surface area contributed by atoms with E-state index in [1.807, 2.05) is 33.2 Å². The van der Waals surface area contributed by atoms with Gasteiger partial charge in [0.2, 0.25) is 0 Å². The zero-order valence-electron chi connectivity index (χ0n) is 10.2. The molecular weight excluding hydrogens is 202 g/mol. The Morgan fingerprint density at radius 2 is 2.19 bits per heavy atom. The van der Waals surface area contributed by atoms with Crippen molar-refractivity contribution < 1.29 is 4.79 Å². The second kappa shape index (κ2) is 6.23. The van der Waals surface area contributed by atoms with Gasteiger partial charge in [0, 0.05) is 12.2 Å². The lowest BCUT2D eigenvalue weighted by molar-refractivity contribution is 0.0947. The van der Waals surface area contributed by atoms with Gasteiger partial charge in [-0.2, -0.15) is 0 Å². The van der Waals surface area contributed by atoms with Gasteiger partial charge in [-0.05, 0) is 46.1 Å². The van der Waals surface area contributed by atoms with Gasteiger partial charge in [-0.3, -0.25) is 4.79 Å². The van der Waals surface area contributed by atoms with E-state index in [1.54, 1.807) is 6.07 Å². The molecular formula is C12H19N3O. The van der Waals surface area contributed by atoms with Gasteiger partial charge in [-0.25, -0.2) is 4.98 Å². The largest absolute Gasteiger partial charge is 0.351 e. The Morgan fingerprint density at radius 1 is 1.44 bits per heavy atom. The molecule has 0 aliphatic heterocycles. The lowest BCUT2D eigenvalue weighted by Crippen LogP contribution is -2.27. The quantitative estimate of drug-likeness (QED) is 0.756. The molecule has 1 aromatic rings. The minimum atomic E-state index is -0.0949. The molecule has 1 N–H and O–H groups in total. The molecule has 0 aliphatic carbocycles. The average Bonchev–Trinajstić information content (AvgIpc) is 2.24. The van der Waals surface area contributed by atoms with E-state index in [4.69, 9.17) is 0 Å². The first kappa shape index (κ1) is 12.6. The Hall–Kier alpha value is -1.42. The first-order valence-corrected chi connectivity index (χ1v) is 5.46. The van der Waals surface area contributed by atoms with Crippen LogP contribution in [-0.4, -0.2) is 43.0 Å². The molecule has 1 heterocycles. The van der Waals surface area contributed by atoms with Crippen molar-refractivity contribution in [2.75, 3.05) is 27.2 Å². The van der Waals surface area contributed by atoms with Crippen molar-refractivity contribution in [3.63, 3.8) is 0 Å². The Kier molecular flexibility index (Phi) is 4.92. The fourth-order valence-electron chi connectivity index (χ4n) is 1.36. The summed E-state index contributed by atoms with van der Waals surface area (Å²) in [5, 5.41) is 2.85. The molecule has 0 fully saturated rings. The van der Waals surface area contributed by atoms with Crippen molar-refractivity contribution >= 4 is 5.91 Å². The normalized spacial score (nSPS) is 10.5. The Labute approximate surface area is 96.7 Å². The molecule has 4 nitrogen and oxygen atoms in total. The summed E-state index contributed by atoms with van der Waals surface area (Å²) < 4.78 is 0. The summed E-state index contributed by atoms with van der Waals surface area (Å²) in [5.41, 5.74) is 1.35. The van der Waals surface area contributed by atoms with E-state index in [2.05, 4.69) is 15.2 Å². The first-order valence-electron chi connectivity index (χ1n) is 5.46. The highest BCUT2D eigenvalue weighted by atomic mass is 16.1. The minimum Gasteiger partial charge on any atom is -0.351 e. The van der Waals surface area contributed by atoms with Gasteiger partial charge < -0.3 is 10.2 Å². The summed E-state index contributed by atoms with van der Waals surface area (Å²) in [6, 6.07) is 5.45. The van der Waals surface area contributed by atoms with Gasteiger partial charge in [0.05, 0.1) is 0 Å². The SMILES string of the molecule is Cc1cccc(C(=O)NCCCN(C)C)n1. The molecule has 16 heavy (non-hydrogen) atoms. The van der Waals surface area contributed by atoms with Crippen molar-refractivity contribution in [2.24, 2.45) is 0 Å². The topological polar surface area (TPSA) is 45.2 Å². The van der Waals surface area contributed by atoms with Gasteiger partial charge in [0.25, 0.3) is 5.91 Å². The lowest BCUT2D eigenvalue weighted by atomic mass is 10.3. The van der Waals surface area contributed by atoms with Crippen LogP contribution in [0.2, 0.25) is 0 Å². The second-order valence-electron chi connectivity index (χ2n) is 4.08. The zero-order valence-corrected chi connectivity index (χ0v) is 10.2. The highest BCUT2D eigenvalue weighted by Gasteiger charge is 2.05. The van der Waals surface area contributed by atoms with Crippen LogP contribution in [0.25, 0.3) is 0 Å². The molecule has 88 valence electrons. The summed E-state index contributed by atoms with van der Waals surface area (Å²) in [5.74, 6) is -0.0949. The summed E-state index contributed by atoms with van der Waals surface area (Å²) in [6.45, 7) is 3.54. The molecule has 0 atom stereocenters. The van der Waals surface area contributed by atoms with Gasteiger partial charge in [-0.15, -0.1) is 0 Å². The average molecular weight is 221 g/mol. The fraction of sp³-hybridized carbons (Fsp3) is 0.500. The van der Waals surface area contributed by atoms with Gasteiger partial charge in [0.1, 0.15) is 5.69 Å². The molecule has 0 aromatic carbocycles. The van der Waals surface area contributed by atoms with Gasteiger partial charge in [-0.1, -0.05) is 6.07 Å². The predicted octanol–water partition coefficient (Wildman–Crippen LogP) is 1.07. The molecule has 0 radical (unpaired) electrons. The van der Waals surface area contributed by atoms with Crippen LogP contribution in [0.15, 0.2) is 18.2 Å². The highest BCUT2D eigenvalue weighted by Crippen LogP contribution is 1.97. The Bertz CT molecular complexity index is 350. The summed E-state index contributed by atoms with van der Waals surface area (Å²) in [7, 11) is 4.04. The molecule has 0 aliphatic rings. The van der Waals surface area contributed by atoms with Crippen LogP contribution in [-0.2, 0) is 0 Å². The number of nitrogens with zero attached hydrogens (tertiary/aromatic N) is 2. The molecule has 1 rings (SSSR count). The van der Waals surface area contributed by atoms with Gasteiger partial charge >= 0.3 is 0 Å². The van der Waals surface area contributed by atoms with Crippen LogP contribution in [0.1, 0.15) is 22.6 Å². The zero-order chi connectivity index (χ0) is 12.0. The Morgan fingerprint density at radius 3 is 2.81 bits per heavy atom. The van der Waals surface area contributed by atoms with Crippen molar-refractivity contribution in [1.29, 1.82) is 0 Å².